The number of hydrogen-bond donors (Lipinski definition) is 0. The van der Waals surface area contributed by atoms with Gasteiger partial charge in [0.2, 0.25) is 0 Å². The Labute approximate surface area is 186 Å². The van der Waals surface area contributed by atoms with Gasteiger partial charge in [0, 0.05) is 17.8 Å². The van der Waals surface area contributed by atoms with Crippen LogP contribution in [0.5, 0.6) is 0 Å². The van der Waals surface area contributed by atoms with Gasteiger partial charge in [-0.25, -0.2) is 4.79 Å². The topological polar surface area (TPSA) is 26.8 Å². The fourth-order valence-electron chi connectivity index (χ4n) is 6.11. The van der Waals surface area contributed by atoms with Gasteiger partial charge in [0.15, 0.2) is 0 Å². The molecule has 0 bridgehead atoms. The van der Waals surface area contributed by atoms with Crippen LogP contribution in [0, 0.1) is 5.92 Å². The molecule has 0 aromatic heterocycles. The highest BCUT2D eigenvalue weighted by Crippen LogP contribution is 2.50. The van der Waals surface area contributed by atoms with Gasteiger partial charge in [-0.1, -0.05) is 55.0 Å². The van der Waals surface area contributed by atoms with Crippen molar-refractivity contribution in [1.29, 1.82) is 0 Å². The molecule has 2 saturated carbocycles. The molecule has 3 aliphatic rings. The van der Waals surface area contributed by atoms with Crippen LogP contribution in [0.25, 0.3) is 0 Å². The largest absolute Gasteiger partial charge is 0.325 e. The van der Waals surface area contributed by atoms with E-state index in [1.807, 2.05) is 23.1 Å². The quantitative estimate of drug-likeness (QED) is 0.642. The van der Waals surface area contributed by atoms with E-state index in [0.717, 1.165) is 44.5 Å². The minimum Gasteiger partial charge on any atom is -0.317 e. The first kappa shape index (κ1) is 20.6. The van der Waals surface area contributed by atoms with Crippen molar-refractivity contribution >= 4 is 11.7 Å². The molecule has 2 amide bonds. The molecule has 0 unspecified atom stereocenters. The maximum Gasteiger partial charge on any atom is 0.325 e. The molecule has 1 saturated heterocycles. The molecule has 4 heteroatoms. The van der Waals surface area contributed by atoms with Crippen molar-refractivity contribution in [2.45, 2.75) is 56.0 Å². The zero-order valence-corrected chi connectivity index (χ0v) is 19.0. The SMILES string of the molecule is CN(C)C1(c2ccccc2)CCC2(CC1)CN(c1ccccc1)C(=O)N2CC1CCC1. The Morgan fingerprint density at radius 2 is 1.52 bits per heavy atom. The highest BCUT2D eigenvalue weighted by atomic mass is 16.2. The lowest BCUT2D eigenvalue weighted by Crippen LogP contribution is -2.56. The van der Waals surface area contributed by atoms with Gasteiger partial charge in [-0.2, -0.15) is 0 Å². The van der Waals surface area contributed by atoms with Gasteiger partial charge in [-0.15, -0.1) is 0 Å². The van der Waals surface area contributed by atoms with Gasteiger partial charge in [-0.05, 0) is 76.2 Å². The number of para-hydroxylation sites is 1. The van der Waals surface area contributed by atoms with E-state index in [1.54, 1.807) is 0 Å². The Bertz CT molecular complexity index is 899. The number of anilines is 1. The Hall–Kier alpha value is -2.33. The van der Waals surface area contributed by atoms with Crippen LogP contribution in [-0.2, 0) is 5.54 Å². The van der Waals surface area contributed by atoms with Crippen molar-refractivity contribution in [3.05, 3.63) is 66.2 Å². The van der Waals surface area contributed by atoms with Crippen molar-refractivity contribution in [2.75, 3.05) is 32.1 Å². The minimum atomic E-state index is -0.0448. The molecule has 3 fully saturated rings. The third-order valence-electron chi connectivity index (χ3n) is 8.40. The van der Waals surface area contributed by atoms with Crippen molar-refractivity contribution in [3.63, 3.8) is 0 Å². The molecule has 1 aliphatic heterocycles. The molecule has 0 radical (unpaired) electrons. The van der Waals surface area contributed by atoms with E-state index < -0.39 is 0 Å². The molecule has 1 heterocycles. The van der Waals surface area contributed by atoms with Crippen LogP contribution in [0.4, 0.5) is 10.5 Å². The number of nitrogens with zero attached hydrogens (tertiary/aromatic N) is 3. The first-order valence-electron chi connectivity index (χ1n) is 11.9. The van der Waals surface area contributed by atoms with E-state index in [1.165, 1.54) is 24.8 Å². The summed E-state index contributed by atoms with van der Waals surface area (Å²) in [5.74, 6) is 0.686. The van der Waals surface area contributed by atoms with Gasteiger partial charge in [0.25, 0.3) is 0 Å². The van der Waals surface area contributed by atoms with Crippen molar-refractivity contribution in [2.24, 2.45) is 5.92 Å². The third kappa shape index (κ3) is 3.45. The lowest BCUT2D eigenvalue weighted by Gasteiger charge is -2.51. The molecule has 4 nitrogen and oxygen atoms in total. The predicted octanol–water partition coefficient (Wildman–Crippen LogP) is 5.50. The summed E-state index contributed by atoms with van der Waals surface area (Å²) >= 11 is 0. The van der Waals surface area contributed by atoms with Crippen LogP contribution in [0.1, 0.15) is 50.5 Å². The summed E-state index contributed by atoms with van der Waals surface area (Å²) in [6, 6.07) is 21.5. The van der Waals surface area contributed by atoms with Gasteiger partial charge < -0.3 is 4.90 Å². The normalized spacial score (nSPS) is 29.1. The molecular formula is C27H35N3O. The predicted molar refractivity (Wildman–Crippen MR) is 126 cm³/mol. The number of carbonyl (C=O) groups is 1. The first-order valence-corrected chi connectivity index (χ1v) is 11.9. The second kappa shape index (κ2) is 7.98. The van der Waals surface area contributed by atoms with E-state index in [0.29, 0.717) is 5.92 Å². The lowest BCUT2D eigenvalue weighted by atomic mass is 9.68. The molecule has 2 aromatic rings. The van der Waals surface area contributed by atoms with Crippen LogP contribution in [0.3, 0.4) is 0 Å². The fourth-order valence-corrected chi connectivity index (χ4v) is 6.11. The molecule has 31 heavy (non-hydrogen) atoms. The number of rotatable bonds is 5. The van der Waals surface area contributed by atoms with Gasteiger partial charge >= 0.3 is 6.03 Å². The molecule has 0 N–H and O–H groups in total. The van der Waals surface area contributed by atoms with Crippen LogP contribution >= 0.6 is 0 Å². The standard InChI is InChI=1S/C27H35N3O/c1-28(2)27(23-12-5-3-6-13-23)18-16-26(17-19-27)21-29(24-14-7-4-8-15-24)25(31)30(26)20-22-10-9-11-22/h3-8,12-15,22H,9-11,16-21H2,1-2H3. The van der Waals surface area contributed by atoms with E-state index in [-0.39, 0.29) is 17.1 Å². The number of benzene rings is 2. The Kier molecular flexibility index (Phi) is 5.29. The molecule has 0 atom stereocenters. The van der Waals surface area contributed by atoms with Gasteiger partial charge in [-0.3, -0.25) is 9.80 Å². The van der Waals surface area contributed by atoms with Gasteiger partial charge in [0.05, 0.1) is 12.1 Å². The highest BCUT2D eigenvalue weighted by molar-refractivity contribution is 5.95. The Balaban J connectivity index is 1.44. The summed E-state index contributed by atoms with van der Waals surface area (Å²) in [6.07, 6.45) is 8.15. The number of carbonyl (C=O) groups excluding carboxylic acids is 1. The summed E-state index contributed by atoms with van der Waals surface area (Å²) in [5, 5.41) is 0. The molecular weight excluding hydrogens is 382 g/mol. The van der Waals surface area contributed by atoms with E-state index >= 15 is 0 Å². The van der Waals surface area contributed by atoms with E-state index in [2.05, 4.69) is 66.4 Å². The molecule has 2 aliphatic carbocycles. The highest BCUT2D eigenvalue weighted by Gasteiger charge is 2.55. The second-order valence-corrected chi connectivity index (χ2v) is 10.1. The summed E-state index contributed by atoms with van der Waals surface area (Å²) in [6.45, 7) is 1.75. The maximum absolute atomic E-state index is 13.7. The van der Waals surface area contributed by atoms with Crippen molar-refractivity contribution in [3.8, 4) is 0 Å². The maximum atomic E-state index is 13.7. The summed E-state index contributed by atoms with van der Waals surface area (Å²) in [4.78, 5) is 20.4. The molecule has 164 valence electrons. The summed E-state index contributed by atoms with van der Waals surface area (Å²) < 4.78 is 0. The number of amides is 2. The average Bonchev–Trinajstić information content (AvgIpc) is 3.04. The Morgan fingerprint density at radius 1 is 0.903 bits per heavy atom. The van der Waals surface area contributed by atoms with Crippen molar-refractivity contribution < 1.29 is 4.79 Å². The third-order valence-corrected chi connectivity index (χ3v) is 8.40. The van der Waals surface area contributed by atoms with E-state index in [9.17, 15) is 4.79 Å². The van der Waals surface area contributed by atoms with Crippen molar-refractivity contribution in [1.82, 2.24) is 9.80 Å². The van der Waals surface area contributed by atoms with Crippen LogP contribution in [0.15, 0.2) is 60.7 Å². The average molecular weight is 418 g/mol. The molecule has 2 aromatic carbocycles. The molecule has 1 spiro atoms. The minimum absolute atomic E-state index is 0.0448. The summed E-state index contributed by atoms with van der Waals surface area (Å²) in [5.41, 5.74) is 2.45. The first-order chi connectivity index (χ1) is 15.0. The number of hydrogen-bond acceptors (Lipinski definition) is 2. The number of urea groups is 1. The van der Waals surface area contributed by atoms with Gasteiger partial charge in [0.1, 0.15) is 0 Å². The zero-order chi connectivity index (χ0) is 21.5. The zero-order valence-electron chi connectivity index (χ0n) is 19.0. The molecule has 5 rings (SSSR count). The monoisotopic (exact) mass is 417 g/mol. The second-order valence-electron chi connectivity index (χ2n) is 10.1. The lowest BCUT2D eigenvalue weighted by molar-refractivity contribution is 0.0172. The van der Waals surface area contributed by atoms with E-state index in [4.69, 9.17) is 0 Å². The summed E-state index contributed by atoms with van der Waals surface area (Å²) in [7, 11) is 4.43. The van der Waals surface area contributed by atoms with Crippen LogP contribution in [-0.4, -0.2) is 48.6 Å². The fraction of sp³-hybridized carbons (Fsp3) is 0.519. The Morgan fingerprint density at radius 3 is 2.06 bits per heavy atom. The van der Waals surface area contributed by atoms with Crippen LogP contribution in [0.2, 0.25) is 0 Å². The smallest absolute Gasteiger partial charge is 0.317 e. The van der Waals surface area contributed by atoms with Crippen LogP contribution < -0.4 is 4.90 Å².